The van der Waals surface area contributed by atoms with Crippen LogP contribution < -0.4 is 4.90 Å². The van der Waals surface area contributed by atoms with E-state index in [-0.39, 0.29) is 5.69 Å². The number of non-ortho nitro benzene ring substituents is 1. The average Bonchev–Trinajstić information content (AvgIpc) is 2.69. The molecule has 2 aromatic carbocycles. The van der Waals surface area contributed by atoms with Crippen molar-refractivity contribution in [3.05, 3.63) is 76.2 Å². The molecule has 0 aliphatic carbocycles. The molecular weight excluding hydrogens is 366 g/mol. The number of nitrogens with zero attached hydrogens (tertiary/aromatic N) is 3. The second-order valence-corrected chi connectivity index (χ2v) is 8.12. The lowest BCUT2D eigenvalue weighted by Crippen LogP contribution is -2.46. The third-order valence-corrected chi connectivity index (χ3v) is 5.99. The van der Waals surface area contributed by atoms with Gasteiger partial charge in [-0.3, -0.25) is 15.0 Å². The minimum Gasteiger partial charge on any atom is -0.369 e. The van der Waals surface area contributed by atoms with Gasteiger partial charge in [-0.05, 0) is 24.3 Å². The normalized spacial score (nSPS) is 15.9. The fourth-order valence-electron chi connectivity index (χ4n) is 2.98. The summed E-state index contributed by atoms with van der Waals surface area (Å²) in [6.45, 7) is 3.74. The van der Waals surface area contributed by atoms with Gasteiger partial charge in [0.15, 0.2) is 9.84 Å². The van der Waals surface area contributed by atoms with Crippen LogP contribution in [-0.4, -0.2) is 51.0 Å². The molecule has 27 heavy (non-hydrogen) atoms. The van der Waals surface area contributed by atoms with Crippen molar-refractivity contribution < 1.29 is 13.3 Å². The Morgan fingerprint density at radius 1 is 0.963 bits per heavy atom. The van der Waals surface area contributed by atoms with Crippen LogP contribution in [0.4, 0.5) is 11.4 Å². The molecule has 3 rings (SSSR count). The van der Waals surface area contributed by atoms with Gasteiger partial charge in [-0.1, -0.05) is 24.3 Å². The summed E-state index contributed by atoms with van der Waals surface area (Å²) in [5.74, 6) is 0. The molecule has 1 fully saturated rings. The van der Waals surface area contributed by atoms with Crippen molar-refractivity contribution in [2.24, 2.45) is 0 Å². The maximum absolute atomic E-state index is 12.2. The number of piperazine rings is 1. The topological polar surface area (TPSA) is 83.8 Å². The first-order chi connectivity index (χ1) is 13.0. The van der Waals surface area contributed by atoms with Crippen LogP contribution in [0.25, 0.3) is 0 Å². The predicted octanol–water partition coefficient (Wildman–Crippen LogP) is 2.70. The minimum absolute atomic E-state index is 0.0853. The molecule has 0 saturated carbocycles. The first kappa shape index (κ1) is 19.1. The number of hydrogen-bond acceptors (Lipinski definition) is 6. The standard InChI is InChI=1S/C19H21N3O4S/c23-22(24)18-9-7-17(8-10-18)21-14-12-20(13-15-21)11-4-16-27(25,26)19-5-2-1-3-6-19/h1-10,16H,11-15H2/b16-4+. The summed E-state index contributed by atoms with van der Waals surface area (Å²) in [7, 11) is -3.40. The third-order valence-electron chi connectivity index (χ3n) is 4.51. The van der Waals surface area contributed by atoms with E-state index in [9.17, 15) is 18.5 Å². The SMILES string of the molecule is O=[N+]([O-])c1ccc(N2CCN(C/C=C/S(=O)(=O)c3ccccc3)CC2)cc1. The summed E-state index contributed by atoms with van der Waals surface area (Å²) in [5.41, 5.74) is 1.05. The Balaban J connectivity index is 1.51. The number of nitro benzene ring substituents is 1. The highest BCUT2D eigenvalue weighted by Crippen LogP contribution is 2.20. The average molecular weight is 387 g/mol. The Morgan fingerprint density at radius 2 is 1.59 bits per heavy atom. The molecule has 0 amide bonds. The Hall–Kier alpha value is -2.71. The highest BCUT2D eigenvalue weighted by atomic mass is 32.2. The van der Waals surface area contributed by atoms with Crippen molar-refractivity contribution in [2.75, 3.05) is 37.6 Å². The van der Waals surface area contributed by atoms with Gasteiger partial charge in [0, 0.05) is 56.0 Å². The van der Waals surface area contributed by atoms with Gasteiger partial charge in [0.25, 0.3) is 5.69 Å². The van der Waals surface area contributed by atoms with Gasteiger partial charge in [0.2, 0.25) is 0 Å². The lowest BCUT2D eigenvalue weighted by molar-refractivity contribution is -0.384. The molecular formula is C19H21N3O4S. The van der Waals surface area contributed by atoms with Gasteiger partial charge in [0.05, 0.1) is 9.82 Å². The van der Waals surface area contributed by atoms with Gasteiger partial charge in [-0.15, -0.1) is 0 Å². The van der Waals surface area contributed by atoms with Crippen LogP contribution in [0, 0.1) is 10.1 Å². The monoisotopic (exact) mass is 387 g/mol. The highest BCUT2D eigenvalue weighted by Gasteiger charge is 2.17. The quantitative estimate of drug-likeness (QED) is 0.560. The lowest BCUT2D eigenvalue weighted by Gasteiger charge is -2.35. The fourth-order valence-corrected chi connectivity index (χ4v) is 4.01. The number of sulfone groups is 1. The van der Waals surface area contributed by atoms with Crippen LogP contribution in [0.15, 0.2) is 71.0 Å². The minimum atomic E-state index is -3.40. The zero-order valence-electron chi connectivity index (χ0n) is 14.8. The zero-order valence-corrected chi connectivity index (χ0v) is 15.6. The van der Waals surface area contributed by atoms with E-state index in [1.807, 2.05) is 0 Å². The number of rotatable bonds is 6. The first-order valence-corrected chi connectivity index (χ1v) is 10.2. The van der Waals surface area contributed by atoms with Crippen molar-refractivity contribution in [3.8, 4) is 0 Å². The molecule has 1 aliphatic heterocycles. The van der Waals surface area contributed by atoms with Crippen LogP contribution in [0.1, 0.15) is 0 Å². The van der Waals surface area contributed by atoms with E-state index >= 15 is 0 Å². The zero-order chi connectivity index (χ0) is 19.3. The van der Waals surface area contributed by atoms with E-state index in [4.69, 9.17) is 0 Å². The van der Waals surface area contributed by atoms with E-state index in [1.54, 1.807) is 48.5 Å². The smallest absolute Gasteiger partial charge is 0.269 e. The molecule has 0 unspecified atom stereocenters. The molecule has 0 radical (unpaired) electrons. The molecule has 0 aromatic heterocycles. The van der Waals surface area contributed by atoms with Crippen LogP contribution in [0.2, 0.25) is 0 Å². The maximum Gasteiger partial charge on any atom is 0.269 e. The Bertz CT molecular complexity index is 904. The molecule has 1 aliphatic rings. The molecule has 7 nitrogen and oxygen atoms in total. The van der Waals surface area contributed by atoms with Crippen molar-refractivity contribution in [2.45, 2.75) is 4.90 Å². The molecule has 0 spiro atoms. The molecule has 142 valence electrons. The molecule has 0 N–H and O–H groups in total. The van der Waals surface area contributed by atoms with Crippen molar-refractivity contribution in [1.82, 2.24) is 4.90 Å². The Morgan fingerprint density at radius 3 is 2.19 bits per heavy atom. The molecule has 1 saturated heterocycles. The van der Waals surface area contributed by atoms with E-state index in [1.165, 1.54) is 17.5 Å². The fraction of sp³-hybridized carbons (Fsp3) is 0.263. The number of hydrogen-bond donors (Lipinski definition) is 0. The van der Waals surface area contributed by atoms with Crippen molar-refractivity contribution in [1.29, 1.82) is 0 Å². The third kappa shape index (κ3) is 4.93. The van der Waals surface area contributed by atoms with Gasteiger partial charge in [0.1, 0.15) is 0 Å². The largest absolute Gasteiger partial charge is 0.369 e. The van der Waals surface area contributed by atoms with Crippen LogP contribution in [0.5, 0.6) is 0 Å². The van der Waals surface area contributed by atoms with Crippen molar-refractivity contribution >= 4 is 21.2 Å². The summed E-state index contributed by atoms with van der Waals surface area (Å²) in [4.78, 5) is 15.0. The molecule has 0 atom stereocenters. The summed E-state index contributed by atoms with van der Waals surface area (Å²) in [5, 5.41) is 12.0. The van der Waals surface area contributed by atoms with Crippen molar-refractivity contribution in [3.63, 3.8) is 0 Å². The molecule has 0 bridgehead atoms. The van der Waals surface area contributed by atoms with Crippen LogP contribution in [-0.2, 0) is 9.84 Å². The second-order valence-electron chi connectivity index (χ2n) is 6.29. The summed E-state index contributed by atoms with van der Waals surface area (Å²) < 4.78 is 24.4. The maximum atomic E-state index is 12.2. The van der Waals surface area contributed by atoms with Crippen LogP contribution >= 0.6 is 0 Å². The molecule has 2 aromatic rings. The van der Waals surface area contributed by atoms with Crippen LogP contribution in [0.3, 0.4) is 0 Å². The van der Waals surface area contributed by atoms with Gasteiger partial charge < -0.3 is 4.90 Å². The number of nitro groups is 1. The predicted molar refractivity (Wildman–Crippen MR) is 105 cm³/mol. The summed E-state index contributed by atoms with van der Waals surface area (Å²) in [6, 6.07) is 14.9. The van der Waals surface area contributed by atoms with Gasteiger partial charge in [-0.2, -0.15) is 0 Å². The van der Waals surface area contributed by atoms with Gasteiger partial charge >= 0.3 is 0 Å². The highest BCUT2D eigenvalue weighted by molar-refractivity contribution is 7.94. The number of anilines is 1. The molecule has 1 heterocycles. The van der Waals surface area contributed by atoms with E-state index < -0.39 is 14.8 Å². The van der Waals surface area contributed by atoms with E-state index in [0.29, 0.717) is 11.4 Å². The van der Waals surface area contributed by atoms with E-state index in [2.05, 4.69) is 9.80 Å². The first-order valence-electron chi connectivity index (χ1n) is 8.64. The van der Waals surface area contributed by atoms with Gasteiger partial charge in [-0.25, -0.2) is 8.42 Å². The second kappa shape index (κ2) is 8.32. The Labute approximate surface area is 158 Å². The lowest BCUT2D eigenvalue weighted by atomic mass is 10.2. The number of benzene rings is 2. The molecule has 8 heteroatoms. The Kier molecular flexibility index (Phi) is 5.88. The summed E-state index contributed by atoms with van der Waals surface area (Å²) >= 11 is 0. The summed E-state index contributed by atoms with van der Waals surface area (Å²) in [6.07, 6.45) is 1.68. The van der Waals surface area contributed by atoms with E-state index in [0.717, 1.165) is 31.9 Å².